The summed E-state index contributed by atoms with van der Waals surface area (Å²) in [5, 5.41) is 6.05. The number of nitrogens with one attached hydrogen (secondary N) is 2. The molecule has 0 aliphatic carbocycles. The predicted molar refractivity (Wildman–Crippen MR) is 113 cm³/mol. The molecule has 0 fully saturated rings. The molecule has 1 amide bonds. The summed E-state index contributed by atoms with van der Waals surface area (Å²) in [6.07, 6.45) is 5.97. The lowest BCUT2D eigenvalue weighted by Crippen LogP contribution is -2.40. The van der Waals surface area contributed by atoms with E-state index in [4.69, 9.17) is 9.47 Å². The quantitative estimate of drug-likeness (QED) is 0.453. The van der Waals surface area contributed by atoms with Gasteiger partial charge in [0, 0.05) is 26.8 Å². The molecule has 1 atom stereocenters. The maximum atomic E-state index is 11.9. The molecule has 0 saturated heterocycles. The van der Waals surface area contributed by atoms with Crippen molar-refractivity contribution >= 4 is 5.91 Å². The van der Waals surface area contributed by atoms with Crippen LogP contribution in [0.2, 0.25) is 0 Å². The molecule has 156 valence electrons. The summed E-state index contributed by atoms with van der Waals surface area (Å²) in [6.45, 7) is 8.89. The van der Waals surface area contributed by atoms with E-state index in [1.807, 2.05) is 44.2 Å². The summed E-state index contributed by atoms with van der Waals surface area (Å²) >= 11 is 0. The number of rotatable bonds is 15. The molecule has 5 heteroatoms. The van der Waals surface area contributed by atoms with Gasteiger partial charge in [-0.15, -0.1) is 0 Å². The van der Waals surface area contributed by atoms with Crippen molar-refractivity contribution in [3.63, 3.8) is 0 Å². The first kappa shape index (κ1) is 25.6. The van der Waals surface area contributed by atoms with Gasteiger partial charge in [-0.25, -0.2) is 0 Å². The van der Waals surface area contributed by atoms with Crippen LogP contribution in [0.3, 0.4) is 0 Å². The first-order valence-corrected chi connectivity index (χ1v) is 10.4. The standard InChI is InChI=1S/C20H34N2O3.C2H6/c1-3-4-5-6-10-13-25-19(17-24-2)15-22-20(23)16-21-14-18-11-8-7-9-12-18;1-2/h7-9,11-12,19,21H,3-6,10,13-17H2,1-2H3,(H,22,23);1-2H3. The zero-order chi connectivity index (χ0) is 20.2. The number of ether oxygens (including phenoxy) is 2. The number of amides is 1. The molecular formula is C22H40N2O3. The minimum absolute atomic E-state index is 0.0245. The van der Waals surface area contributed by atoms with Crippen LogP contribution in [0.5, 0.6) is 0 Å². The molecule has 0 heterocycles. The lowest BCUT2D eigenvalue weighted by molar-refractivity contribution is -0.121. The second-order valence-corrected chi connectivity index (χ2v) is 6.26. The van der Waals surface area contributed by atoms with Gasteiger partial charge >= 0.3 is 0 Å². The van der Waals surface area contributed by atoms with E-state index in [2.05, 4.69) is 17.6 Å². The van der Waals surface area contributed by atoms with Crippen molar-refractivity contribution in [2.24, 2.45) is 0 Å². The van der Waals surface area contributed by atoms with E-state index in [-0.39, 0.29) is 12.0 Å². The van der Waals surface area contributed by atoms with Gasteiger partial charge in [0.25, 0.3) is 0 Å². The second-order valence-electron chi connectivity index (χ2n) is 6.26. The first-order valence-electron chi connectivity index (χ1n) is 10.4. The molecule has 1 aromatic rings. The van der Waals surface area contributed by atoms with Gasteiger partial charge in [0.15, 0.2) is 0 Å². The monoisotopic (exact) mass is 380 g/mol. The predicted octanol–water partition coefficient (Wildman–Crippen LogP) is 3.92. The summed E-state index contributed by atoms with van der Waals surface area (Å²) in [6, 6.07) is 10.0. The zero-order valence-corrected chi connectivity index (χ0v) is 17.8. The Morgan fingerprint density at radius 2 is 1.78 bits per heavy atom. The van der Waals surface area contributed by atoms with Crippen LogP contribution in [0, 0.1) is 0 Å². The molecule has 2 N–H and O–H groups in total. The maximum Gasteiger partial charge on any atom is 0.234 e. The minimum atomic E-state index is -0.0887. The number of carbonyl (C=O) groups excluding carboxylic acids is 1. The largest absolute Gasteiger partial charge is 0.382 e. The van der Waals surface area contributed by atoms with E-state index in [9.17, 15) is 4.79 Å². The van der Waals surface area contributed by atoms with Crippen LogP contribution >= 0.6 is 0 Å². The molecule has 0 saturated carbocycles. The van der Waals surface area contributed by atoms with Crippen molar-refractivity contribution in [1.82, 2.24) is 10.6 Å². The second kappa shape index (κ2) is 19.3. The molecule has 0 bridgehead atoms. The molecular weight excluding hydrogens is 340 g/mol. The number of methoxy groups -OCH3 is 1. The highest BCUT2D eigenvalue weighted by Gasteiger charge is 2.10. The minimum Gasteiger partial charge on any atom is -0.382 e. The number of hydrogen-bond acceptors (Lipinski definition) is 4. The highest BCUT2D eigenvalue weighted by atomic mass is 16.5. The van der Waals surface area contributed by atoms with Crippen LogP contribution in [-0.4, -0.2) is 45.4 Å². The van der Waals surface area contributed by atoms with Gasteiger partial charge in [0.2, 0.25) is 5.91 Å². The van der Waals surface area contributed by atoms with Gasteiger partial charge in [-0.1, -0.05) is 76.8 Å². The Morgan fingerprint density at radius 3 is 2.44 bits per heavy atom. The van der Waals surface area contributed by atoms with Crippen LogP contribution in [0.1, 0.15) is 58.4 Å². The molecule has 0 spiro atoms. The van der Waals surface area contributed by atoms with Gasteiger partial charge in [-0.2, -0.15) is 0 Å². The summed E-state index contributed by atoms with van der Waals surface area (Å²) < 4.78 is 11.0. The van der Waals surface area contributed by atoms with E-state index < -0.39 is 0 Å². The van der Waals surface area contributed by atoms with Crippen molar-refractivity contribution in [1.29, 1.82) is 0 Å². The molecule has 27 heavy (non-hydrogen) atoms. The van der Waals surface area contributed by atoms with Crippen molar-refractivity contribution in [2.75, 3.05) is 33.4 Å². The number of benzene rings is 1. The summed E-state index contributed by atoms with van der Waals surface area (Å²) in [7, 11) is 1.65. The number of carbonyl (C=O) groups is 1. The van der Waals surface area contributed by atoms with Gasteiger partial charge in [0.05, 0.1) is 19.3 Å². The SMILES string of the molecule is CC.CCCCCCCOC(CNC(=O)CNCc1ccccc1)COC. The molecule has 1 rings (SSSR count). The summed E-state index contributed by atoms with van der Waals surface area (Å²) in [4.78, 5) is 11.9. The molecule has 0 aliphatic rings. The lowest BCUT2D eigenvalue weighted by Gasteiger charge is -2.18. The molecule has 0 aromatic heterocycles. The van der Waals surface area contributed by atoms with Gasteiger partial charge < -0.3 is 20.1 Å². The van der Waals surface area contributed by atoms with E-state index in [1.165, 1.54) is 31.2 Å². The fourth-order valence-corrected chi connectivity index (χ4v) is 2.51. The molecule has 0 aliphatic heterocycles. The van der Waals surface area contributed by atoms with Gasteiger partial charge in [-0.05, 0) is 12.0 Å². The van der Waals surface area contributed by atoms with E-state index in [0.717, 1.165) is 13.0 Å². The Hall–Kier alpha value is -1.43. The van der Waals surface area contributed by atoms with Gasteiger partial charge in [0.1, 0.15) is 0 Å². The van der Waals surface area contributed by atoms with Crippen LogP contribution in [0.4, 0.5) is 0 Å². The highest BCUT2D eigenvalue weighted by Crippen LogP contribution is 2.03. The average Bonchev–Trinajstić information content (AvgIpc) is 2.71. The highest BCUT2D eigenvalue weighted by molar-refractivity contribution is 5.77. The average molecular weight is 381 g/mol. The molecule has 1 unspecified atom stereocenters. The lowest BCUT2D eigenvalue weighted by atomic mass is 10.2. The topological polar surface area (TPSA) is 59.6 Å². The van der Waals surface area contributed by atoms with Crippen LogP contribution in [-0.2, 0) is 20.8 Å². The smallest absolute Gasteiger partial charge is 0.234 e. The Morgan fingerprint density at radius 1 is 1.07 bits per heavy atom. The first-order chi connectivity index (χ1) is 13.3. The fraction of sp³-hybridized carbons (Fsp3) is 0.682. The Labute approximate surface area is 166 Å². The van der Waals surface area contributed by atoms with Crippen LogP contribution in [0.15, 0.2) is 30.3 Å². The van der Waals surface area contributed by atoms with Crippen molar-refractivity contribution in [2.45, 2.75) is 65.5 Å². The van der Waals surface area contributed by atoms with E-state index >= 15 is 0 Å². The van der Waals surface area contributed by atoms with Crippen molar-refractivity contribution < 1.29 is 14.3 Å². The van der Waals surface area contributed by atoms with E-state index in [0.29, 0.717) is 26.2 Å². The van der Waals surface area contributed by atoms with E-state index in [1.54, 1.807) is 7.11 Å². The summed E-state index contributed by atoms with van der Waals surface area (Å²) in [5.41, 5.74) is 1.17. The third-order valence-corrected chi connectivity index (χ3v) is 3.94. The Bertz CT molecular complexity index is 440. The molecule has 5 nitrogen and oxygen atoms in total. The van der Waals surface area contributed by atoms with Crippen molar-refractivity contribution in [3.05, 3.63) is 35.9 Å². The third kappa shape index (κ3) is 15.3. The normalized spacial score (nSPS) is 11.4. The third-order valence-electron chi connectivity index (χ3n) is 3.94. The zero-order valence-electron chi connectivity index (χ0n) is 17.8. The molecule has 1 aromatic carbocycles. The van der Waals surface area contributed by atoms with Gasteiger partial charge in [-0.3, -0.25) is 4.79 Å². The Kier molecular flexibility index (Phi) is 18.3. The van der Waals surface area contributed by atoms with Crippen LogP contribution in [0.25, 0.3) is 0 Å². The maximum absolute atomic E-state index is 11.9. The summed E-state index contributed by atoms with van der Waals surface area (Å²) in [5.74, 6) is -0.0245. The van der Waals surface area contributed by atoms with Crippen molar-refractivity contribution in [3.8, 4) is 0 Å². The Balaban J connectivity index is 0.00000326. The number of unbranched alkanes of at least 4 members (excludes halogenated alkanes) is 4. The fourth-order valence-electron chi connectivity index (χ4n) is 2.51. The number of hydrogen-bond donors (Lipinski definition) is 2. The molecule has 0 radical (unpaired) electrons. The van der Waals surface area contributed by atoms with Crippen LogP contribution < -0.4 is 10.6 Å².